The first-order valence-corrected chi connectivity index (χ1v) is 6.04. The molecular formula is C11H13N3O2S. The quantitative estimate of drug-likeness (QED) is 0.813. The number of benzene rings is 1. The summed E-state index contributed by atoms with van der Waals surface area (Å²) in [5.74, 6) is -0.328. The first-order valence-electron chi connectivity index (χ1n) is 5.22. The Morgan fingerprint density at radius 3 is 3.00 bits per heavy atom. The maximum atomic E-state index is 11.6. The van der Waals surface area contributed by atoms with Gasteiger partial charge in [0.1, 0.15) is 0 Å². The molecule has 2 aromatic rings. The van der Waals surface area contributed by atoms with Crippen molar-refractivity contribution in [3.63, 3.8) is 0 Å². The average Bonchev–Trinajstić information content (AvgIpc) is 2.63. The summed E-state index contributed by atoms with van der Waals surface area (Å²) in [6.45, 7) is 2.14. The number of esters is 1. The molecular weight excluding hydrogens is 238 g/mol. The molecule has 0 fully saturated rings. The molecule has 0 spiro atoms. The number of nitrogens with one attached hydrogen (secondary N) is 2. The molecule has 2 N–H and O–H groups in total. The monoisotopic (exact) mass is 251 g/mol. The number of carbonyl (C=O) groups excluding carboxylic acids is 1. The zero-order valence-electron chi connectivity index (χ0n) is 9.61. The van der Waals surface area contributed by atoms with Gasteiger partial charge < -0.3 is 10.2 Å². The summed E-state index contributed by atoms with van der Waals surface area (Å²) in [6.07, 6.45) is 0. The van der Waals surface area contributed by atoms with E-state index >= 15 is 0 Å². The standard InChI is InChI=1S/C11H13N3O2S/c1-3-16-10(15)7-4-5-8-9(6-7)17-11(12)14(8)13-2/h4-6,12-13H,3H2,1-2H3. The van der Waals surface area contributed by atoms with Crippen LogP contribution in [0.5, 0.6) is 0 Å². The summed E-state index contributed by atoms with van der Waals surface area (Å²) in [6, 6.07) is 5.27. The van der Waals surface area contributed by atoms with Crippen molar-refractivity contribution in [3.05, 3.63) is 28.6 Å². The molecule has 0 aliphatic heterocycles. The first kappa shape index (κ1) is 11.7. The first-order chi connectivity index (χ1) is 8.17. The highest BCUT2D eigenvalue weighted by Crippen LogP contribution is 2.18. The van der Waals surface area contributed by atoms with Gasteiger partial charge in [0.25, 0.3) is 0 Å². The van der Waals surface area contributed by atoms with Crippen molar-refractivity contribution in [1.29, 1.82) is 5.41 Å². The maximum absolute atomic E-state index is 11.6. The van der Waals surface area contributed by atoms with E-state index in [-0.39, 0.29) is 5.97 Å². The highest BCUT2D eigenvalue weighted by Gasteiger charge is 2.10. The van der Waals surface area contributed by atoms with Crippen molar-refractivity contribution in [2.45, 2.75) is 6.92 Å². The number of rotatable bonds is 3. The highest BCUT2D eigenvalue weighted by atomic mass is 32.1. The van der Waals surface area contributed by atoms with Gasteiger partial charge in [-0.1, -0.05) is 11.3 Å². The molecule has 1 aromatic heterocycles. The zero-order valence-corrected chi connectivity index (χ0v) is 10.4. The molecule has 0 amide bonds. The molecule has 0 aliphatic carbocycles. The second-order valence-electron chi connectivity index (χ2n) is 3.37. The molecule has 1 heterocycles. The second kappa shape index (κ2) is 4.58. The van der Waals surface area contributed by atoms with Gasteiger partial charge in [-0.3, -0.25) is 5.41 Å². The second-order valence-corrected chi connectivity index (χ2v) is 4.40. The van der Waals surface area contributed by atoms with Gasteiger partial charge in [0.15, 0.2) is 0 Å². The van der Waals surface area contributed by atoms with Crippen molar-refractivity contribution >= 4 is 27.5 Å². The predicted octanol–water partition coefficient (Wildman–Crippen LogP) is 1.53. The Hall–Kier alpha value is -1.82. The number of nitrogens with zero attached hydrogens (tertiary/aromatic N) is 1. The minimum atomic E-state index is -0.328. The number of ether oxygens (including phenoxy) is 1. The van der Waals surface area contributed by atoms with Crippen LogP contribution in [0, 0.1) is 5.41 Å². The van der Waals surface area contributed by atoms with Crippen molar-refractivity contribution in [1.82, 2.24) is 4.68 Å². The lowest BCUT2D eigenvalue weighted by atomic mass is 10.2. The van der Waals surface area contributed by atoms with Crippen LogP contribution in [0.25, 0.3) is 10.2 Å². The van der Waals surface area contributed by atoms with Crippen LogP contribution < -0.4 is 10.2 Å². The van der Waals surface area contributed by atoms with Gasteiger partial charge in [0, 0.05) is 7.05 Å². The normalized spacial score (nSPS) is 10.5. The molecule has 0 atom stereocenters. The summed E-state index contributed by atoms with van der Waals surface area (Å²) >= 11 is 1.31. The number of fused-ring (bicyclic) bond motifs is 1. The molecule has 1 aromatic carbocycles. The fraction of sp³-hybridized carbons (Fsp3) is 0.273. The molecule has 90 valence electrons. The molecule has 0 unspecified atom stereocenters. The molecule has 2 rings (SSSR count). The lowest BCUT2D eigenvalue weighted by molar-refractivity contribution is 0.0526. The topological polar surface area (TPSA) is 67.1 Å². The van der Waals surface area contributed by atoms with Crippen LogP contribution in [0.3, 0.4) is 0 Å². The van der Waals surface area contributed by atoms with E-state index in [1.165, 1.54) is 11.3 Å². The van der Waals surface area contributed by atoms with E-state index < -0.39 is 0 Å². The summed E-state index contributed by atoms with van der Waals surface area (Å²) in [5, 5.41) is 7.76. The van der Waals surface area contributed by atoms with Crippen LogP contribution in [-0.4, -0.2) is 24.3 Å². The fourth-order valence-electron chi connectivity index (χ4n) is 1.60. The van der Waals surface area contributed by atoms with Crippen LogP contribution in [0.4, 0.5) is 0 Å². The van der Waals surface area contributed by atoms with E-state index in [1.54, 1.807) is 30.8 Å². The molecule has 17 heavy (non-hydrogen) atoms. The predicted molar refractivity (Wildman–Crippen MR) is 66.9 cm³/mol. The summed E-state index contributed by atoms with van der Waals surface area (Å²) in [5.41, 5.74) is 4.32. The molecule has 0 aliphatic rings. The van der Waals surface area contributed by atoms with E-state index in [9.17, 15) is 4.79 Å². The lowest BCUT2D eigenvalue weighted by Crippen LogP contribution is -2.20. The van der Waals surface area contributed by atoms with Crippen LogP contribution in [0.1, 0.15) is 17.3 Å². The van der Waals surface area contributed by atoms with Gasteiger partial charge in [0.05, 0.1) is 22.4 Å². The van der Waals surface area contributed by atoms with Gasteiger partial charge in [-0.2, -0.15) is 0 Å². The van der Waals surface area contributed by atoms with Gasteiger partial charge in [-0.15, -0.1) is 0 Å². The van der Waals surface area contributed by atoms with Crippen LogP contribution in [-0.2, 0) is 4.74 Å². The van der Waals surface area contributed by atoms with E-state index in [4.69, 9.17) is 10.1 Å². The van der Waals surface area contributed by atoms with Crippen molar-refractivity contribution in [2.24, 2.45) is 0 Å². The third-order valence-electron chi connectivity index (χ3n) is 2.35. The van der Waals surface area contributed by atoms with Crippen molar-refractivity contribution < 1.29 is 9.53 Å². The Labute approximate surface area is 102 Å². The molecule has 5 nitrogen and oxygen atoms in total. The highest BCUT2D eigenvalue weighted by molar-refractivity contribution is 7.16. The molecule has 0 saturated heterocycles. The average molecular weight is 251 g/mol. The molecule has 0 radical (unpaired) electrons. The minimum Gasteiger partial charge on any atom is -0.462 e. The van der Waals surface area contributed by atoms with Crippen LogP contribution in [0.2, 0.25) is 0 Å². The van der Waals surface area contributed by atoms with Gasteiger partial charge in [0.2, 0.25) is 4.80 Å². The third-order valence-corrected chi connectivity index (χ3v) is 3.27. The number of hydrogen-bond acceptors (Lipinski definition) is 5. The Morgan fingerprint density at radius 1 is 1.59 bits per heavy atom. The zero-order chi connectivity index (χ0) is 12.4. The third kappa shape index (κ3) is 2.03. The van der Waals surface area contributed by atoms with Gasteiger partial charge in [-0.25, -0.2) is 9.47 Å². The molecule has 0 bridgehead atoms. The van der Waals surface area contributed by atoms with E-state index in [2.05, 4.69) is 5.43 Å². The SMILES string of the molecule is CCOC(=O)c1ccc2c(c1)sc(=N)n2NC. The van der Waals surface area contributed by atoms with Gasteiger partial charge in [-0.05, 0) is 25.1 Å². The fourth-order valence-corrected chi connectivity index (χ4v) is 2.54. The minimum absolute atomic E-state index is 0.328. The Balaban J connectivity index is 2.52. The number of hydrogen-bond donors (Lipinski definition) is 2. The van der Waals surface area contributed by atoms with E-state index in [0.29, 0.717) is 17.0 Å². The largest absolute Gasteiger partial charge is 0.462 e. The van der Waals surface area contributed by atoms with E-state index in [1.807, 2.05) is 6.07 Å². The lowest BCUT2D eigenvalue weighted by Gasteiger charge is -2.03. The summed E-state index contributed by atoms with van der Waals surface area (Å²) < 4.78 is 7.48. The Kier molecular flexibility index (Phi) is 3.14. The van der Waals surface area contributed by atoms with Crippen molar-refractivity contribution in [2.75, 3.05) is 19.1 Å². The number of aromatic nitrogens is 1. The van der Waals surface area contributed by atoms with Gasteiger partial charge >= 0.3 is 5.97 Å². The Morgan fingerprint density at radius 2 is 2.35 bits per heavy atom. The summed E-state index contributed by atoms with van der Waals surface area (Å²) in [7, 11) is 1.75. The number of carbonyl (C=O) groups is 1. The van der Waals surface area contributed by atoms with E-state index in [0.717, 1.165) is 10.2 Å². The number of thiazole rings is 1. The molecule has 6 heteroatoms. The molecule has 0 saturated carbocycles. The smallest absolute Gasteiger partial charge is 0.338 e. The maximum Gasteiger partial charge on any atom is 0.338 e. The summed E-state index contributed by atoms with van der Waals surface area (Å²) in [4.78, 5) is 12.0. The van der Waals surface area contributed by atoms with Crippen LogP contribution in [0.15, 0.2) is 18.2 Å². The van der Waals surface area contributed by atoms with Crippen LogP contribution >= 0.6 is 11.3 Å². The Bertz CT molecular complexity index is 615. The van der Waals surface area contributed by atoms with Crippen molar-refractivity contribution in [3.8, 4) is 0 Å².